The van der Waals surface area contributed by atoms with Crippen molar-refractivity contribution in [2.75, 3.05) is 12.1 Å². The van der Waals surface area contributed by atoms with Gasteiger partial charge in [0.15, 0.2) is 0 Å². The molecule has 0 aliphatic carbocycles. The van der Waals surface area contributed by atoms with Gasteiger partial charge in [-0.1, -0.05) is 6.07 Å². The highest BCUT2D eigenvalue weighted by Gasteiger charge is 2.33. The standard InChI is InChI=1S/C17H19F3N4O4/c1-10-8-11(25)6-7-14(10)27-9-12-13(24(22)16(26)23(2)21)4-3-5-15(12)28-17(18,19)20/h3-8,25H,9,21-22H2,1-2H3. The van der Waals surface area contributed by atoms with E-state index in [1.807, 2.05) is 0 Å². The molecule has 8 nitrogen and oxygen atoms in total. The molecule has 0 unspecified atom stereocenters. The number of hydrogen-bond acceptors (Lipinski definition) is 6. The van der Waals surface area contributed by atoms with Gasteiger partial charge in [0, 0.05) is 7.05 Å². The molecule has 2 rings (SSSR count). The number of nitrogens with two attached hydrogens (primary N) is 2. The largest absolute Gasteiger partial charge is 0.573 e. The van der Waals surface area contributed by atoms with E-state index in [-0.39, 0.29) is 17.0 Å². The molecule has 0 saturated carbocycles. The van der Waals surface area contributed by atoms with Crippen molar-refractivity contribution in [1.82, 2.24) is 5.01 Å². The number of phenolic OH excluding ortho intramolecular Hbond substituents is 1. The second-order valence-electron chi connectivity index (χ2n) is 5.80. The highest BCUT2D eigenvalue weighted by molar-refractivity contribution is 5.91. The van der Waals surface area contributed by atoms with Crippen LogP contribution in [-0.2, 0) is 6.61 Å². The van der Waals surface area contributed by atoms with Crippen molar-refractivity contribution >= 4 is 11.7 Å². The van der Waals surface area contributed by atoms with E-state index < -0.39 is 24.7 Å². The van der Waals surface area contributed by atoms with Gasteiger partial charge in [0.1, 0.15) is 23.9 Å². The number of carbonyl (C=O) groups excluding carboxylic acids is 1. The lowest BCUT2D eigenvalue weighted by atomic mass is 10.1. The predicted molar refractivity (Wildman–Crippen MR) is 94.3 cm³/mol. The Morgan fingerprint density at radius 2 is 1.86 bits per heavy atom. The van der Waals surface area contributed by atoms with Crippen LogP contribution < -0.4 is 26.2 Å². The van der Waals surface area contributed by atoms with Crippen LogP contribution in [-0.4, -0.2) is 29.6 Å². The highest BCUT2D eigenvalue weighted by Crippen LogP contribution is 2.34. The molecule has 0 atom stereocenters. The lowest BCUT2D eigenvalue weighted by molar-refractivity contribution is -0.275. The van der Waals surface area contributed by atoms with Crippen molar-refractivity contribution in [3.63, 3.8) is 0 Å². The summed E-state index contributed by atoms with van der Waals surface area (Å²) >= 11 is 0. The van der Waals surface area contributed by atoms with Crippen molar-refractivity contribution in [1.29, 1.82) is 0 Å². The number of hydrogen-bond donors (Lipinski definition) is 3. The van der Waals surface area contributed by atoms with E-state index in [1.54, 1.807) is 6.92 Å². The molecule has 11 heteroatoms. The van der Waals surface area contributed by atoms with E-state index in [1.165, 1.54) is 37.4 Å². The van der Waals surface area contributed by atoms with Gasteiger partial charge in [0.25, 0.3) is 0 Å². The maximum atomic E-state index is 12.8. The third-order valence-corrected chi connectivity index (χ3v) is 3.63. The van der Waals surface area contributed by atoms with Crippen LogP contribution in [0.3, 0.4) is 0 Å². The minimum Gasteiger partial charge on any atom is -0.508 e. The van der Waals surface area contributed by atoms with Crippen LogP contribution in [0.25, 0.3) is 0 Å². The SMILES string of the molecule is Cc1cc(O)ccc1OCc1c(OC(F)(F)F)cccc1N(N)C(=O)N(C)N. The quantitative estimate of drug-likeness (QED) is 0.404. The normalized spacial score (nSPS) is 11.1. The third-order valence-electron chi connectivity index (χ3n) is 3.63. The molecule has 152 valence electrons. The molecule has 0 fully saturated rings. The number of nitrogens with zero attached hydrogens (tertiary/aromatic N) is 2. The zero-order chi connectivity index (χ0) is 21.1. The molecule has 2 aromatic carbocycles. The van der Waals surface area contributed by atoms with Gasteiger partial charge in [-0.05, 0) is 42.8 Å². The van der Waals surface area contributed by atoms with Crippen molar-refractivity contribution in [2.24, 2.45) is 11.7 Å². The first kappa shape index (κ1) is 21.1. The molecule has 0 saturated heterocycles. The van der Waals surface area contributed by atoms with Gasteiger partial charge in [-0.25, -0.2) is 21.5 Å². The topological polar surface area (TPSA) is 114 Å². The Hall–Kier alpha value is -3.18. The molecule has 28 heavy (non-hydrogen) atoms. The van der Waals surface area contributed by atoms with Gasteiger partial charge in [-0.15, -0.1) is 13.2 Å². The summed E-state index contributed by atoms with van der Waals surface area (Å²) in [4.78, 5) is 12.0. The summed E-state index contributed by atoms with van der Waals surface area (Å²) in [6.45, 7) is 1.25. The fraction of sp³-hybridized carbons (Fsp3) is 0.235. The van der Waals surface area contributed by atoms with E-state index >= 15 is 0 Å². The number of halogens is 3. The number of alkyl halides is 3. The summed E-state index contributed by atoms with van der Waals surface area (Å²) < 4.78 is 48.0. The molecule has 5 N–H and O–H groups in total. The Bertz CT molecular complexity index is 859. The number of rotatable bonds is 5. The van der Waals surface area contributed by atoms with Gasteiger partial charge in [0.2, 0.25) is 0 Å². The van der Waals surface area contributed by atoms with E-state index in [0.717, 1.165) is 6.07 Å². The van der Waals surface area contributed by atoms with Gasteiger partial charge in [0.05, 0.1) is 11.3 Å². The molecule has 2 aromatic rings. The first-order chi connectivity index (χ1) is 13.0. The number of urea groups is 1. The van der Waals surface area contributed by atoms with Crippen LogP contribution in [0.5, 0.6) is 17.2 Å². The molecule has 2 amide bonds. The number of amides is 2. The monoisotopic (exact) mass is 400 g/mol. The fourth-order valence-electron chi connectivity index (χ4n) is 2.36. The lowest BCUT2D eigenvalue weighted by Gasteiger charge is -2.25. The Labute approximate surface area is 158 Å². The van der Waals surface area contributed by atoms with Crippen LogP contribution in [0.1, 0.15) is 11.1 Å². The Morgan fingerprint density at radius 3 is 2.43 bits per heavy atom. The van der Waals surface area contributed by atoms with E-state index in [2.05, 4.69) is 4.74 Å². The van der Waals surface area contributed by atoms with Gasteiger partial charge < -0.3 is 14.6 Å². The number of carbonyl (C=O) groups is 1. The smallest absolute Gasteiger partial charge is 0.508 e. The van der Waals surface area contributed by atoms with Crippen LogP contribution in [0.15, 0.2) is 36.4 Å². The van der Waals surface area contributed by atoms with Gasteiger partial charge >= 0.3 is 12.4 Å². The number of anilines is 1. The molecule has 0 bridgehead atoms. The third kappa shape index (κ3) is 5.18. The van der Waals surface area contributed by atoms with Crippen LogP contribution in [0.4, 0.5) is 23.7 Å². The summed E-state index contributed by atoms with van der Waals surface area (Å²) in [6.07, 6.45) is -4.96. The summed E-state index contributed by atoms with van der Waals surface area (Å²) in [5.41, 5.74) is 0.351. The first-order valence-corrected chi connectivity index (χ1v) is 7.87. The average Bonchev–Trinajstić information content (AvgIpc) is 2.59. The van der Waals surface area contributed by atoms with Crippen LogP contribution in [0.2, 0.25) is 0 Å². The van der Waals surface area contributed by atoms with E-state index in [9.17, 15) is 23.1 Å². The van der Waals surface area contributed by atoms with Crippen molar-refractivity contribution < 1.29 is 32.5 Å². The summed E-state index contributed by atoms with van der Waals surface area (Å²) in [5, 5.41) is 10.7. The molecule has 0 heterocycles. The van der Waals surface area contributed by atoms with E-state index in [0.29, 0.717) is 21.3 Å². The summed E-state index contributed by atoms with van der Waals surface area (Å²) in [5.74, 6) is 10.8. The van der Waals surface area contributed by atoms with Crippen molar-refractivity contribution in [2.45, 2.75) is 19.9 Å². The summed E-state index contributed by atoms with van der Waals surface area (Å²) in [7, 11) is 1.23. The zero-order valence-electron chi connectivity index (χ0n) is 15.0. The lowest BCUT2D eigenvalue weighted by Crippen LogP contribution is -2.49. The van der Waals surface area contributed by atoms with Crippen LogP contribution >= 0.6 is 0 Å². The number of aryl methyl sites for hydroxylation is 1. The minimum atomic E-state index is -4.96. The molecule has 0 aliphatic heterocycles. The van der Waals surface area contributed by atoms with Crippen molar-refractivity contribution in [3.05, 3.63) is 47.5 Å². The number of benzene rings is 2. The van der Waals surface area contributed by atoms with Gasteiger partial charge in [-0.2, -0.15) is 0 Å². The Balaban J connectivity index is 2.43. The fourth-order valence-corrected chi connectivity index (χ4v) is 2.36. The first-order valence-electron chi connectivity index (χ1n) is 7.87. The molecule has 0 spiro atoms. The summed E-state index contributed by atoms with van der Waals surface area (Å²) in [6, 6.07) is 7.02. The molecule has 0 aliphatic rings. The number of hydrazine groups is 2. The second kappa shape index (κ2) is 8.23. The zero-order valence-corrected chi connectivity index (χ0v) is 15.0. The molecule has 0 aromatic heterocycles. The predicted octanol–water partition coefficient (Wildman–Crippen LogP) is 2.78. The second-order valence-corrected chi connectivity index (χ2v) is 5.80. The van der Waals surface area contributed by atoms with Gasteiger partial charge in [-0.3, -0.25) is 5.01 Å². The average molecular weight is 400 g/mol. The molecular weight excluding hydrogens is 381 g/mol. The maximum absolute atomic E-state index is 12.8. The van der Waals surface area contributed by atoms with Crippen molar-refractivity contribution in [3.8, 4) is 17.2 Å². The Morgan fingerprint density at radius 1 is 1.18 bits per heavy atom. The molecule has 0 radical (unpaired) electrons. The van der Waals surface area contributed by atoms with Crippen LogP contribution in [0, 0.1) is 6.92 Å². The maximum Gasteiger partial charge on any atom is 0.573 e. The minimum absolute atomic E-state index is 0.0102. The number of phenols is 1. The number of aromatic hydroxyl groups is 1. The number of ether oxygens (including phenoxy) is 2. The Kier molecular flexibility index (Phi) is 6.21. The van der Waals surface area contributed by atoms with E-state index in [4.69, 9.17) is 16.4 Å². The highest BCUT2D eigenvalue weighted by atomic mass is 19.4. The molecular formula is C17H19F3N4O4.